The van der Waals surface area contributed by atoms with Gasteiger partial charge < -0.3 is 53.5 Å². The van der Waals surface area contributed by atoms with Gasteiger partial charge in [-0.3, -0.25) is 19.4 Å². The molecule has 0 bridgehead atoms. The number of rotatable bonds is 15. The van der Waals surface area contributed by atoms with Gasteiger partial charge in [-0.1, -0.05) is 0 Å². The number of H-pyrrole nitrogens is 1. The number of carbonyl (C=O) groups is 4. The summed E-state index contributed by atoms with van der Waals surface area (Å²) in [5.74, 6) is -4.21. The van der Waals surface area contributed by atoms with Gasteiger partial charge in [-0.25, -0.2) is 9.78 Å². The fraction of sp³-hybridized carbons (Fsp3) is 0.579. The maximum atomic E-state index is 12.7. The molecule has 0 saturated heterocycles. The van der Waals surface area contributed by atoms with Crippen molar-refractivity contribution in [3.8, 4) is 0 Å². The van der Waals surface area contributed by atoms with Gasteiger partial charge in [0, 0.05) is 24.9 Å². The summed E-state index contributed by atoms with van der Waals surface area (Å²) in [7, 11) is 0. The number of aliphatic imine (C=N–C) groups is 1. The van der Waals surface area contributed by atoms with Crippen LogP contribution in [0.15, 0.2) is 17.5 Å². The minimum Gasteiger partial charge on any atom is -0.480 e. The highest BCUT2D eigenvalue weighted by Gasteiger charge is 2.31. The fourth-order valence-corrected chi connectivity index (χ4v) is 2.89. The van der Waals surface area contributed by atoms with Crippen LogP contribution in [0.4, 0.5) is 0 Å². The molecule has 0 aromatic carbocycles. The van der Waals surface area contributed by atoms with E-state index in [1.807, 2.05) is 0 Å². The third-order valence-electron chi connectivity index (χ3n) is 4.77. The number of nitrogens with two attached hydrogens (primary N) is 3. The molecule has 16 nitrogen and oxygen atoms in total. The first-order chi connectivity index (χ1) is 16.5. The van der Waals surface area contributed by atoms with Crippen molar-refractivity contribution < 1.29 is 34.5 Å². The molecule has 0 spiro atoms. The van der Waals surface area contributed by atoms with Crippen LogP contribution in [-0.2, 0) is 25.6 Å². The number of aliphatic carboxylic acids is 1. The average Bonchev–Trinajstić information content (AvgIpc) is 3.29. The lowest BCUT2D eigenvalue weighted by Gasteiger charge is -2.25. The van der Waals surface area contributed by atoms with Gasteiger partial charge in [-0.15, -0.1) is 0 Å². The molecule has 0 aliphatic rings. The van der Waals surface area contributed by atoms with E-state index in [9.17, 15) is 34.5 Å². The van der Waals surface area contributed by atoms with Crippen LogP contribution < -0.4 is 33.2 Å². The van der Waals surface area contributed by atoms with Crippen LogP contribution in [0.2, 0.25) is 0 Å². The largest absolute Gasteiger partial charge is 0.480 e. The van der Waals surface area contributed by atoms with Gasteiger partial charge in [0.25, 0.3) is 0 Å². The molecule has 0 aliphatic carbocycles. The second-order valence-corrected chi connectivity index (χ2v) is 7.71. The smallest absolute Gasteiger partial charge is 0.328 e. The van der Waals surface area contributed by atoms with Crippen molar-refractivity contribution in [1.29, 1.82) is 0 Å². The van der Waals surface area contributed by atoms with Crippen LogP contribution in [-0.4, -0.2) is 98.4 Å². The lowest BCUT2D eigenvalue weighted by molar-refractivity contribution is -0.145. The van der Waals surface area contributed by atoms with E-state index < -0.39 is 60.6 Å². The highest BCUT2D eigenvalue weighted by molar-refractivity contribution is 5.94. The van der Waals surface area contributed by atoms with E-state index in [-0.39, 0.29) is 31.8 Å². The Morgan fingerprint density at radius 2 is 1.74 bits per heavy atom. The Bertz CT molecular complexity index is 872. The fourth-order valence-electron chi connectivity index (χ4n) is 2.89. The van der Waals surface area contributed by atoms with Crippen LogP contribution >= 0.6 is 0 Å². The van der Waals surface area contributed by atoms with E-state index >= 15 is 0 Å². The van der Waals surface area contributed by atoms with Crippen LogP contribution in [0.25, 0.3) is 0 Å². The summed E-state index contributed by atoms with van der Waals surface area (Å²) in [5, 5.41) is 35.2. The Morgan fingerprint density at radius 3 is 2.26 bits per heavy atom. The minimum absolute atomic E-state index is 0.0219. The molecular formula is C19H33N9O7. The van der Waals surface area contributed by atoms with Gasteiger partial charge >= 0.3 is 5.97 Å². The monoisotopic (exact) mass is 499 g/mol. The summed E-state index contributed by atoms with van der Waals surface area (Å²) in [6.07, 6.45) is 1.76. The number of amides is 3. The number of aromatic amines is 1. The molecule has 1 heterocycles. The standard InChI is InChI=1S/C19H33N9O7/c1-9(30)14(18(34)35)28-16(32)12(3-2-4-24-19(21)22)26-17(33)13(7-29)27-15(31)11(20)5-10-6-23-8-25-10/h6,8-9,11-14,29-30H,2-5,7,20H2,1H3,(H,23,25)(H,26,33)(H,27,31)(H,28,32)(H,34,35)(H4,21,22,24). The predicted octanol–water partition coefficient (Wildman–Crippen LogP) is -4.75. The van der Waals surface area contributed by atoms with Gasteiger partial charge in [0.15, 0.2) is 12.0 Å². The number of aliphatic hydroxyl groups excluding tert-OH is 2. The highest BCUT2D eigenvalue weighted by atomic mass is 16.4. The van der Waals surface area contributed by atoms with Gasteiger partial charge in [-0.05, 0) is 19.8 Å². The Hall–Kier alpha value is -3.76. The predicted molar refractivity (Wildman–Crippen MR) is 122 cm³/mol. The zero-order valence-electron chi connectivity index (χ0n) is 19.2. The number of aromatic nitrogens is 2. The third-order valence-corrected chi connectivity index (χ3v) is 4.77. The number of guanidine groups is 1. The Labute approximate surface area is 200 Å². The van der Waals surface area contributed by atoms with E-state index in [0.29, 0.717) is 5.69 Å². The molecule has 1 aromatic rings. The summed E-state index contributed by atoms with van der Waals surface area (Å²) >= 11 is 0. The van der Waals surface area contributed by atoms with E-state index in [0.717, 1.165) is 0 Å². The summed E-state index contributed by atoms with van der Waals surface area (Å²) in [5.41, 5.74) is 16.9. The molecule has 13 N–H and O–H groups in total. The maximum Gasteiger partial charge on any atom is 0.328 e. The minimum atomic E-state index is -1.63. The van der Waals surface area contributed by atoms with E-state index in [1.165, 1.54) is 19.4 Å². The number of aliphatic hydroxyl groups is 2. The lowest BCUT2D eigenvalue weighted by Crippen LogP contribution is -2.59. The average molecular weight is 500 g/mol. The molecule has 0 fully saturated rings. The van der Waals surface area contributed by atoms with Gasteiger partial charge in [0.2, 0.25) is 17.7 Å². The zero-order chi connectivity index (χ0) is 26.5. The zero-order valence-corrected chi connectivity index (χ0v) is 19.2. The number of carboxylic acids is 1. The number of hydrogen-bond acceptors (Lipinski definition) is 9. The van der Waals surface area contributed by atoms with Gasteiger partial charge in [0.05, 0.1) is 25.1 Å². The van der Waals surface area contributed by atoms with Gasteiger partial charge in [0.1, 0.15) is 12.1 Å². The second kappa shape index (κ2) is 14.5. The first kappa shape index (κ1) is 29.3. The summed E-state index contributed by atoms with van der Waals surface area (Å²) < 4.78 is 0. The number of hydrogen-bond donors (Lipinski definition) is 10. The molecule has 1 aromatic heterocycles. The first-order valence-corrected chi connectivity index (χ1v) is 10.7. The Morgan fingerprint density at radius 1 is 1.11 bits per heavy atom. The number of imidazole rings is 1. The van der Waals surface area contributed by atoms with Crippen LogP contribution in [0.1, 0.15) is 25.5 Å². The number of nitrogens with one attached hydrogen (secondary N) is 4. The highest BCUT2D eigenvalue weighted by Crippen LogP contribution is 2.03. The van der Waals surface area contributed by atoms with Crippen molar-refractivity contribution in [3.05, 3.63) is 18.2 Å². The molecule has 5 atom stereocenters. The van der Waals surface area contributed by atoms with Crippen LogP contribution in [0.5, 0.6) is 0 Å². The summed E-state index contributed by atoms with van der Waals surface area (Å²) in [6, 6.07) is -5.43. The molecule has 0 saturated carbocycles. The van der Waals surface area contributed by atoms with Crippen molar-refractivity contribution in [3.63, 3.8) is 0 Å². The lowest BCUT2D eigenvalue weighted by atomic mass is 10.1. The number of nitrogens with zero attached hydrogens (tertiary/aromatic N) is 2. The molecule has 1 rings (SSSR count). The maximum absolute atomic E-state index is 12.7. The number of carboxylic acid groups (broad SMARTS) is 1. The molecule has 5 unspecified atom stereocenters. The Kier molecular flexibility index (Phi) is 12.1. The van der Waals surface area contributed by atoms with E-state index in [1.54, 1.807) is 0 Å². The molecule has 196 valence electrons. The van der Waals surface area contributed by atoms with Crippen molar-refractivity contribution in [1.82, 2.24) is 25.9 Å². The van der Waals surface area contributed by atoms with Crippen molar-refractivity contribution in [2.45, 2.75) is 56.5 Å². The van der Waals surface area contributed by atoms with Crippen molar-refractivity contribution in [2.24, 2.45) is 22.2 Å². The molecule has 0 radical (unpaired) electrons. The summed E-state index contributed by atoms with van der Waals surface area (Å²) in [4.78, 5) is 59.4. The molecule has 16 heteroatoms. The summed E-state index contributed by atoms with van der Waals surface area (Å²) in [6.45, 7) is 0.487. The first-order valence-electron chi connectivity index (χ1n) is 10.7. The molecule has 0 aliphatic heterocycles. The topological polar surface area (TPSA) is 284 Å². The SMILES string of the molecule is CC(O)C(NC(=O)C(CCCN=C(N)N)NC(=O)C(CO)NC(=O)C(N)Cc1cnc[nH]1)C(=O)O. The second-order valence-electron chi connectivity index (χ2n) is 7.71. The number of carbonyl (C=O) groups excluding carboxylic acids is 3. The van der Waals surface area contributed by atoms with Crippen molar-refractivity contribution in [2.75, 3.05) is 13.2 Å². The van der Waals surface area contributed by atoms with Gasteiger partial charge in [-0.2, -0.15) is 0 Å². The van der Waals surface area contributed by atoms with Crippen LogP contribution in [0, 0.1) is 0 Å². The molecule has 35 heavy (non-hydrogen) atoms. The molecular weight excluding hydrogens is 466 g/mol. The quantitative estimate of drug-likeness (QED) is 0.0620. The third kappa shape index (κ3) is 10.4. The Balaban J connectivity index is 2.87. The van der Waals surface area contributed by atoms with E-state index in [4.69, 9.17) is 17.2 Å². The van der Waals surface area contributed by atoms with Crippen molar-refractivity contribution >= 4 is 29.7 Å². The molecule has 3 amide bonds. The van der Waals surface area contributed by atoms with Crippen LogP contribution in [0.3, 0.4) is 0 Å². The van der Waals surface area contributed by atoms with E-state index in [2.05, 4.69) is 30.9 Å². The normalized spacial score (nSPS) is 15.1.